The number of methoxy groups -OCH3 is 1. The van der Waals surface area contributed by atoms with Crippen molar-refractivity contribution in [3.8, 4) is 6.07 Å². The standard InChI is InChI=1S/C21H22N2O5S/c1-5-28-21(26)17-13(3)23-19(29-11-12(2)24)16(10-22)18(17)14-6-8-15(9-7-14)20(25)27-4/h6-9,18,23H,5,11H2,1-4H3. The average Bonchev–Trinajstić information content (AvgIpc) is 2.71. The highest BCUT2D eigenvalue weighted by Crippen LogP contribution is 2.41. The number of carbonyl (C=O) groups is 3. The van der Waals surface area contributed by atoms with Gasteiger partial charge in [-0.25, -0.2) is 9.59 Å². The molecule has 0 radical (unpaired) electrons. The van der Waals surface area contributed by atoms with E-state index in [1.807, 2.05) is 0 Å². The third-order valence-electron chi connectivity index (χ3n) is 4.23. The molecule has 1 aromatic carbocycles. The second-order valence-electron chi connectivity index (χ2n) is 6.28. The van der Waals surface area contributed by atoms with Crippen LogP contribution in [0.25, 0.3) is 0 Å². The zero-order valence-corrected chi connectivity index (χ0v) is 17.5. The van der Waals surface area contributed by atoms with Crippen molar-refractivity contribution in [1.29, 1.82) is 5.26 Å². The molecule has 1 aliphatic heterocycles. The molecule has 0 fully saturated rings. The van der Waals surface area contributed by atoms with E-state index < -0.39 is 17.9 Å². The van der Waals surface area contributed by atoms with Gasteiger partial charge in [0.05, 0.1) is 53.2 Å². The Hall–Kier alpha value is -3.05. The summed E-state index contributed by atoms with van der Waals surface area (Å²) >= 11 is 1.22. The second kappa shape index (κ2) is 9.94. The molecule has 1 aromatic rings. The van der Waals surface area contributed by atoms with E-state index in [-0.39, 0.29) is 18.1 Å². The molecule has 0 aromatic heterocycles. The number of hydrogen-bond donors (Lipinski definition) is 1. The van der Waals surface area contributed by atoms with Crippen molar-refractivity contribution < 1.29 is 23.9 Å². The number of hydrogen-bond acceptors (Lipinski definition) is 8. The third-order valence-corrected chi connectivity index (χ3v) is 5.39. The molecule has 0 amide bonds. The molecule has 1 unspecified atom stereocenters. The first-order valence-electron chi connectivity index (χ1n) is 8.93. The zero-order valence-electron chi connectivity index (χ0n) is 16.7. The topological polar surface area (TPSA) is 105 Å². The van der Waals surface area contributed by atoms with E-state index in [9.17, 15) is 19.6 Å². The lowest BCUT2D eigenvalue weighted by Crippen LogP contribution is -2.29. The number of allylic oxidation sites excluding steroid dienone is 2. The Morgan fingerprint density at radius 3 is 2.38 bits per heavy atom. The zero-order chi connectivity index (χ0) is 21.6. The molecule has 1 aliphatic rings. The van der Waals surface area contributed by atoms with Crippen LogP contribution in [-0.2, 0) is 19.1 Å². The van der Waals surface area contributed by atoms with E-state index in [0.717, 1.165) is 0 Å². The summed E-state index contributed by atoms with van der Waals surface area (Å²) < 4.78 is 9.92. The number of Topliss-reactive ketones (excluding diaryl/α,β-unsaturated/α-hetero) is 1. The Labute approximate surface area is 173 Å². The number of esters is 2. The van der Waals surface area contributed by atoms with Gasteiger partial charge in [0.25, 0.3) is 0 Å². The Morgan fingerprint density at radius 1 is 1.21 bits per heavy atom. The maximum Gasteiger partial charge on any atom is 0.337 e. The molecule has 8 heteroatoms. The van der Waals surface area contributed by atoms with Crippen molar-refractivity contribution in [3.63, 3.8) is 0 Å². The number of ketones is 1. The van der Waals surface area contributed by atoms with Gasteiger partial charge in [-0.2, -0.15) is 5.26 Å². The summed E-state index contributed by atoms with van der Waals surface area (Å²) in [6.45, 7) is 5.10. The van der Waals surface area contributed by atoms with Gasteiger partial charge in [0.15, 0.2) is 0 Å². The maximum absolute atomic E-state index is 12.7. The van der Waals surface area contributed by atoms with Gasteiger partial charge in [0.1, 0.15) is 5.78 Å². The lowest BCUT2D eigenvalue weighted by atomic mass is 9.82. The molecule has 2 rings (SSSR count). The largest absolute Gasteiger partial charge is 0.465 e. The van der Waals surface area contributed by atoms with E-state index in [4.69, 9.17) is 9.47 Å². The van der Waals surface area contributed by atoms with Crippen LogP contribution in [0.4, 0.5) is 0 Å². The van der Waals surface area contributed by atoms with Crippen molar-refractivity contribution in [2.24, 2.45) is 0 Å². The Bertz CT molecular complexity index is 925. The number of rotatable bonds is 7. The van der Waals surface area contributed by atoms with Crippen LogP contribution in [0, 0.1) is 11.3 Å². The van der Waals surface area contributed by atoms with Crippen molar-refractivity contribution >= 4 is 29.5 Å². The number of dihydropyridines is 1. The van der Waals surface area contributed by atoms with Gasteiger partial charge >= 0.3 is 11.9 Å². The first-order chi connectivity index (χ1) is 13.8. The molecule has 152 valence electrons. The molecule has 0 spiro atoms. The molecule has 0 bridgehead atoms. The molecule has 29 heavy (non-hydrogen) atoms. The highest BCUT2D eigenvalue weighted by Gasteiger charge is 2.35. The number of nitrogens with zero attached hydrogens (tertiary/aromatic N) is 1. The fourth-order valence-corrected chi connectivity index (χ4v) is 3.83. The molecule has 1 heterocycles. The molecule has 1 atom stereocenters. The maximum atomic E-state index is 12.7. The molecular weight excluding hydrogens is 392 g/mol. The summed E-state index contributed by atoms with van der Waals surface area (Å²) in [7, 11) is 1.29. The summed E-state index contributed by atoms with van der Waals surface area (Å²) in [6.07, 6.45) is 0. The normalized spacial score (nSPS) is 16.0. The van der Waals surface area contributed by atoms with Crippen LogP contribution in [0.2, 0.25) is 0 Å². The second-order valence-corrected chi connectivity index (χ2v) is 7.26. The van der Waals surface area contributed by atoms with Crippen LogP contribution < -0.4 is 5.32 Å². The van der Waals surface area contributed by atoms with E-state index >= 15 is 0 Å². The van der Waals surface area contributed by atoms with Crippen LogP contribution in [0.3, 0.4) is 0 Å². The minimum Gasteiger partial charge on any atom is -0.465 e. The minimum absolute atomic E-state index is 0.0293. The van der Waals surface area contributed by atoms with Crippen LogP contribution in [0.15, 0.2) is 46.1 Å². The minimum atomic E-state index is -0.679. The Morgan fingerprint density at radius 2 is 1.86 bits per heavy atom. The van der Waals surface area contributed by atoms with Crippen LogP contribution >= 0.6 is 11.8 Å². The number of benzene rings is 1. The Kier molecular flexibility index (Phi) is 7.62. The summed E-state index contributed by atoms with van der Waals surface area (Å²) in [4.78, 5) is 35.8. The lowest BCUT2D eigenvalue weighted by Gasteiger charge is -2.29. The summed E-state index contributed by atoms with van der Waals surface area (Å²) in [5.74, 6) is -1.51. The van der Waals surface area contributed by atoms with Crippen LogP contribution in [0.1, 0.15) is 42.6 Å². The van der Waals surface area contributed by atoms with Gasteiger partial charge < -0.3 is 14.8 Å². The van der Waals surface area contributed by atoms with Crippen LogP contribution in [0.5, 0.6) is 0 Å². The predicted molar refractivity (Wildman–Crippen MR) is 109 cm³/mol. The first-order valence-corrected chi connectivity index (χ1v) is 9.92. The molecular formula is C21H22N2O5S. The van der Waals surface area contributed by atoms with Gasteiger partial charge in [-0.1, -0.05) is 23.9 Å². The van der Waals surface area contributed by atoms with Gasteiger partial charge in [-0.15, -0.1) is 0 Å². The fourth-order valence-electron chi connectivity index (χ4n) is 2.94. The van der Waals surface area contributed by atoms with E-state index in [2.05, 4.69) is 11.4 Å². The number of nitrogens with one attached hydrogen (secondary N) is 1. The summed E-state index contributed by atoms with van der Waals surface area (Å²) in [5.41, 5.74) is 2.20. The smallest absolute Gasteiger partial charge is 0.337 e. The quantitative estimate of drug-likeness (QED) is 0.679. The van der Waals surface area contributed by atoms with Crippen molar-refractivity contribution in [1.82, 2.24) is 5.32 Å². The van der Waals surface area contributed by atoms with Crippen molar-refractivity contribution in [2.45, 2.75) is 26.7 Å². The number of nitriles is 1. The van der Waals surface area contributed by atoms with E-state index in [1.165, 1.54) is 25.8 Å². The highest BCUT2D eigenvalue weighted by molar-refractivity contribution is 8.03. The monoisotopic (exact) mass is 414 g/mol. The van der Waals surface area contributed by atoms with Crippen LogP contribution in [-0.4, -0.2) is 37.2 Å². The van der Waals surface area contributed by atoms with E-state index in [1.54, 1.807) is 38.1 Å². The molecule has 0 aliphatic carbocycles. The Balaban J connectivity index is 2.58. The number of thioether (sulfide) groups is 1. The highest BCUT2D eigenvalue weighted by atomic mass is 32.2. The number of carbonyl (C=O) groups excluding carboxylic acids is 3. The molecule has 0 saturated carbocycles. The third kappa shape index (κ3) is 5.06. The van der Waals surface area contributed by atoms with Gasteiger partial charge in [0, 0.05) is 5.70 Å². The van der Waals surface area contributed by atoms with Gasteiger partial charge in [-0.05, 0) is 38.5 Å². The summed E-state index contributed by atoms with van der Waals surface area (Å²) in [5, 5.41) is 13.5. The van der Waals surface area contributed by atoms with Crippen molar-refractivity contribution in [3.05, 3.63) is 57.3 Å². The first kappa shape index (κ1) is 22.2. The lowest BCUT2D eigenvalue weighted by molar-refractivity contribution is -0.138. The van der Waals surface area contributed by atoms with Gasteiger partial charge in [0.2, 0.25) is 0 Å². The predicted octanol–water partition coefficient (Wildman–Crippen LogP) is 3.05. The van der Waals surface area contributed by atoms with E-state index in [0.29, 0.717) is 33.0 Å². The SMILES string of the molecule is CCOC(=O)C1=C(C)NC(SCC(C)=O)=C(C#N)C1c1ccc(C(=O)OC)cc1. The molecule has 0 saturated heterocycles. The van der Waals surface area contributed by atoms with Gasteiger partial charge in [-0.3, -0.25) is 4.79 Å². The fraction of sp³-hybridized carbons (Fsp3) is 0.333. The summed E-state index contributed by atoms with van der Waals surface area (Å²) in [6, 6.07) is 8.70. The molecule has 1 N–H and O–H groups in total. The van der Waals surface area contributed by atoms with Crippen molar-refractivity contribution in [2.75, 3.05) is 19.5 Å². The molecule has 7 nitrogen and oxygen atoms in total. The number of ether oxygens (including phenoxy) is 2. The average molecular weight is 414 g/mol.